The molecule has 0 bridgehead atoms. The molecule has 2 aromatic rings. The number of para-hydroxylation sites is 1. The van der Waals surface area contributed by atoms with Crippen molar-refractivity contribution in [1.82, 2.24) is 21.3 Å². The third-order valence-corrected chi connectivity index (χ3v) is 4.74. The Morgan fingerprint density at radius 3 is 2.39 bits per heavy atom. The second-order valence-corrected chi connectivity index (χ2v) is 7.02. The monoisotopic (exact) mass is 454 g/mol. The zero-order valence-electron chi connectivity index (χ0n) is 17.7. The number of carbonyl (C=O) groups excluding carboxylic acids is 5. The minimum atomic E-state index is -0.859. The molecule has 0 saturated carbocycles. The average molecular weight is 454 g/mol. The minimum Gasteiger partial charge on any atom is -0.496 e. The highest BCUT2D eigenvalue weighted by Crippen LogP contribution is 2.20. The lowest BCUT2D eigenvalue weighted by molar-refractivity contribution is -0.152. The lowest BCUT2D eigenvalue weighted by atomic mass is 10.1. The van der Waals surface area contributed by atoms with E-state index in [0.29, 0.717) is 11.3 Å². The lowest BCUT2D eigenvalue weighted by Crippen LogP contribution is -2.44. The Morgan fingerprint density at radius 2 is 1.67 bits per heavy atom. The topological polar surface area (TPSA) is 143 Å². The number of benzene rings is 2. The molecule has 1 heterocycles. The van der Waals surface area contributed by atoms with Crippen molar-refractivity contribution in [2.45, 2.75) is 6.42 Å². The third-order valence-electron chi connectivity index (χ3n) is 4.74. The summed E-state index contributed by atoms with van der Waals surface area (Å²) in [6, 6.07) is 14.7. The van der Waals surface area contributed by atoms with Gasteiger partial charge in [0.1, 0.15) is 5.75 Å². The normalized spacial score (nSPS) is 14.9. The van der Waals surface area contributed by atoms with Crippen LogP contribution in [0.2, 0.25) is 0 Å². The number of nitrogens with zero attached hydrogens (tertiary/aromatic N) is 1. The van der Waals surface area contributed by atoms with E-state index in [9.17, 15) is 24.0 Å². The Balaban J connectivity index is 1.44. The number of methoxy groups -OCH3 is 1. The van der Waals surface area contributed by atoms with Gasteiger partial charge in [0.05, 0.1) is 25.1 Å². The highest BCUT2D eigenvalue weighted by atomic mass is 16.5. The quantitative estimate of drug-likeness (QED) is 0.400. The highest BCUT2D eigenvalue weighted by molar-refractivity contribution is 5.99. The number of hydrogen-bond acceptors (Lipinski definition) is 7. The van der Waals surface area contributed by atoms with Crippen LogP contribution in [-0.4, -0.2) is 54.9 Å². The standard InChI is InChI=1S/C22H22N4O7/c1-32-17-10-6-5-9-16(17)21(30)25-26-12-15(11-19(26)28)22(31)33-13-18(27)23-24-20(29)14-7-3-2-4-8-14/h2-10,15H,11-13H2,1H3,(H,23,27)(H,24,29)(H,25,30)/t15-/m1/s1. The SMILES string of the molecule is COc1ccccc1C(=O)NN1C[C@H](C(=O)OCC(=O)NNC(=O)c2ccccc2)CC1=O. The van der Waals surface area contributed by atoms with Crippen molar-refractivity contribution >= 4 is 29.6 Å². The van der Waals surface area contributed by atoms with Gasteiger partial charge in [-0.05, 0) is 24.3 Å². The summed E-state index contributed by atoms with van der Waals surface area (Å²) in [5, 5.41) is 1.03. The molecule has 172 valence electrons. The first-order chi connectivity index (χ1) is 15.9. The van der Waals surface area contributed by atoms with Gasteiger partial charge in [0.15, 0.2) is 6.61 Å². The maximum Gasteiger partial charge on any atom is 0.311 e. The molecule has 33 heavy (non-hydrogen) atoms. The molecule has 0 aromatic heterocycles. The number of ether oxygens (including phenoxy) is 2. The number of rotatable bonds is 7. The van der Waals surface area contributed by atoms with Crippen LogP contribution >= 0.6 is 0 Å². The fraction of sp³-hybridized carbons (Fsp3) is 0.227. The zero-order chi connectivity index (χ0) is 23.8. The molecule has 11 heteroatoms. The fourth-order valence-corrected chi connectivity index (χ4v) is 3.07. The van der Waals surface area contributed by atoms with Crippen molar-refractivity contribution in [3.63, 3.8) is 0 Å². The Hall–Kier alpha value is -4.41. The van der Waals surface area contributed by atoms with Gasteiger partial charge in [0, 0.05) is 12.0 Å². The van der Waals surface area contributed by atoms with Crippen LogP contribution in [0.3, 0.4) is 0 Å². The van der Waals surface area contributed by atoms with Crippen molar-refractivity contribution in [2.24, 2.45) is 5.92 Å². The van der Waals surface area contributed by atoms with Gasteiger partial charge in [-0.1, -0.05) is 30.3 Å². The second-order valence-electron chi connectivity index (χ2n) is 7.02. The van der Waals surface area contributed by atoms with Crippen LogP contribution in [0.5, 0.6) is 5.75 Å². The number of esters is 1. The molecule has 4 amide bonds. The molecule has 3 rings (SSSR count). The van der Waals surface area contributed by atoms with E-state index in [1.807, 2.05) is 0 Å². The molecular formula is C22H22N4O7. The predicted octanol–water partition coefficient (Wildman–Crippen LogP) is 0.193. The largest absolute Gasteiger partial charge is 0.496 e. The van der Waals surface area contributed by atoms with Crippen LogP contribution in [0.25, 0.3) is 0 Å². The molecule has 0 unspecified atom stereocenters. The number of hydrogen-bond donors (Lipinski definition) is 3. The van der Waals surface area contributed by atoms with Gasteiger partial charge in [0.25, 0.3) is 17.7 Å². The van der Waals surface area contributed by atoms with Crippen LogP contribution < -0.4 is 21.0 Å². The Labute approximate surface area is 189 Å². The molecule has 3 N–H and O–H groups in total. The molecule has 2 aromatic carbocycles. The van der Waals surface area contributed by atoms with Crippen LogP contribution in [-0.2, 0) is 19.1 Å². The van der Waals surface area contributed by atoms with Crippen molar-refractivity contribution in [3.05, 3.63) is 65.7 Å². The Bertz CT molecular complexity index is 1060. The summed E-state index contributed by atoms with van der Waals surface area (Å²) in [6.07, 6.45) is -0.183. The van der Waals surface area contributed by atoms with Crippen LogP contribution in [0.15, 0.2) is 54.6 Å². The second kappa shape index (κ2) is 10.8. The molecule has 1 saturated heterocycles. The minimum absolute atomic E-state index is 0.106. The number of carbonyl (C=O) groups is 5. The summed E-state index contributed by atoms with van der Waals surface area (Å²) >= 11 is 0. The van der Waals surface area contributed by atoms with Crippen molar-refractivity contribution in [2.75, 3.05) is 20.3 Å². The van der Waals surface area contributed by atoms with E-state index in [2.05, 4.69) is 16.3 Å². The fourth-order valence-electron chi connectivity index (χ4n) is 3.07. The van der Waals surface area contributed by atoms with Gasteiger partial charge in [-0.15, -0.1) is 0 Å². The lowest BCUT2D eigenvalue weighted by Gasteiger charge is -2.18. The number of hydrazine groups is 2. The summed E-state index contributed by atoms with van der Waals surface area (Å²) in [7, 11) is 1.42. The Kier molecular flexibility index (Phi) is 7.58. The van der Waals surface area contributed by atoms with Gasteiger partial charge < -0.3 is 9.47 Å². The molecule has 1 aliphatic rings. The molecule has 1 aliphatic heterocycles. The van der Waals surface area contributed by atoms with E-state index in [0.717, 1.165) is 5.01 Å². The average Bonchev–Trinajstić information content (AvgIpc) is 3.21. The molecule has 1 atom stereocenters. The molecule has 1 fully saturated rings. The molecule has 0 aliphatic carbocycles. The first-order valence-electron chi connectivity index (χ1n) is 9.94. The number of amides is 4. The Morgan fingerprint density at radius 1 is 0.970 bits per heavy atom. The zero-order valence-corrected chi connectivity index (χ0v) is 17.7. The van der Waals surface area contributed by atoms with Crippen molar-refractivity contribution in [1.29, 1.82) is 0 Å². The van der Waals surface area contributed by atoms with Crippen LogP contribution in [0, 0.1) is 5.92 Å². The van der Waals surface area contributed by atoms with Gasteiger partial charge >= 0.3 is 5.97 Å². The van der Waals surface area contributed by atoms with E-state index in [-0.39, 0.29) is 18.5 Å². The molecule has 11 nitrogen and oxygen atoms in total. The van der Waals surface area contributed by atoms with E-state index >= 15 is 0 Å². The van der Waals surface area contributed by atoms with E-state index < -0.39 is 42.1 Å². The summed E-state index contributed by atoms with van der Waals surface area (Å²) in [5.41, 5.74) is 7.36. The molecule has 0 spiro atoms. The first-order valence-corrected chi connectivity index (χ1v) is 9.94. The first kappa shape index (κ1) is 23.3. The van der Waals surface area contributed by atoms with Gasteiger partial charge in [-0.3, -0.25) is 45.3 Å². The van der Waals surface area contributed by atoms with Crippen LogP contribution in [0.1, 0.15) is 27.1 Å². The van der Waals surface area contributed by atoms with Crippen molar-refractivity contribution in [3.8, 4) is 5.75 Å². The van der Waals surface area contributed by atoms with Crippen molar-refractivity contribution < 1.29 is 33.4 Å². The molecule has 0 radical (unpaired) electrons. The van der Waals surface area contributed by atoms with Crippen LogP contribution in [0.4, 0.5) is 0 Å². The summed E-state index contributed by atoms with van der Waals surface area (Å²) < 4.78 is 10.1. The van der Waals surface area contributed by atoms with E-state index in [4.69, 9.17) is 9.47 Å². The smallest absolute Gasteiger partial charge is 0.311 e. The summed E-state index contributed by atoms with van der Waals surface area (Å²) in [4.78, 5) is 60.6. The third kappa shape index (κ3) is 6.06. The van der Waals surface area contributed by atoms with Gasteiger partial charge in [-0.2, -0.15) is 0 Å². The van der Waals surface area contributed by atoms with Gasteiger partial charge in [0.2, 0.25) is 5.91 Å². The highest BCUT2D eigenvalue weighted by Gasteiger charge is 2.37. The maximum atomic E-state index is 12.5. The summed E-state index contributed by atoms with van der Waals surface area (Å²) in [5.74, 6) is -3.62. The number of nitrogens with one attached hydrogen (secondary N) is 3. The van der Waals surface area contributed by atoms with Gasteiger partial charge in [-0.25, -0.2) is 0 Å². The summed E-state index contributed by atoms with van der Waals surface area (Å²) in [6.45, 7) is -0.753. The maximum absolute atomic E-state index is 12.5. The van der Waals surface area contributed by atoms with E-state index in [1.54, 1.807) is 48.5 Å². The molecular weight excluding hydrogens is 432 g/mol. The van der Waals surface area contributed by atoms with E-state index in [1.165, 1.54) is 13.2 Å². The predicted molar refractivity (Wildman–Crippen MR) is 113 cm³/mol.